The molecule has 5 nitrogen and oxygen atoms in total. The number of carbonyl (C=O) groups excluding carboxylic acids is 1. The van der Waals surface area contributed by atoms with Gasteiger partial charge in [0.1, 0.15) is 0 Å². The minimum Gasteiger partial charge on any atom is -0.335 e. The first kappa shape index (κ1) is 20.1. The van der Waals surface area contributed by atoms with Gasteiger partial charge in [-0.05, 0) is 43.5 Å². The first-order valence-electron chi connectivity index (χ1n) is 8.75. The molecule has 0 aliphatic carbocycles. The van der Waals surface area contributed by atoms with Crippen LogP contribution in [0.4, 0.5) is 0 Å². The first-order chi connectivity index (χ1) is 12.3. The van der Waals surface area contributed by atoms with Crippen molar-refractivity contribution in [1.29, 1.82) is 0 Å². The number of sulfonamides is 1. The molecule has 0 heterocycles. The van der Waals surface area contributed by atoms with Gasteiger partial charge < -0.3 is 4.90 Å². The Bertz CT molecular complexity index is 816. The lowest BCUT2D eigenvalue weighted by Gasteiger charge is -2.27. The maximum Gasteiger partial charge on any atom is 0.241 e. The molecule has 26 heavy (non-hydrogen) atoms. The Morgan fingerprint density at radius 1 is 1.00 bits per heavy atom. The molecule has 2 rings (SSSR count). The molecule has 0 saturated heterocycles. The lowest BCUT2D eigenvalue weighted by molar-refractivity contribution is -0.132. The zero-order valence-electron chi connectivity index (χ0n) is 15.5. The van der Waals surface area contributed by atoms with Crippen molar-refractivity contribution in [3.05, 3.63) is 65.7 Å². The number of nitrogens with zero attached hydrogens (tertiary/aromatic N) is 1. The van der Waals surface area contributed by atoms with E-state index in [1.165, 1.54) is 0 Å². The zero-order valence-corrected chi connectivity index (χ0v) is 16.3. The van der Waals surface area contributed by atoms with Crippen LogP contribution in [0.15, 0.2) is 59.5 Å². The molecule has 1 amide bonds. The molecule has 6 heteroatoms. The summed E-state index contributed by atoms with van der Waals surface area (Å²) >= 11 is 0. The Morgan fingerprint density at radius 3 is 2.15 bits per heavy atom. The number of hydrogen-bond donors (Lipinski definition) is 1. The third kappa shape index (κ3) is 5.41. The monoisotopic (exact) mass is 374 g/mol. The fourth-order valence-corrected chi connectivity index (χ4v) is 3.56. The molecule has 0 bridgehead atoms. The van der Waals surface area contributed by atoms with Crippen LogP contribution in [0, 0.1) is 0 Å². The highest BCUT2D eigenvalue weighted by Gasteiger charge is 2.21. The molecule has 0 aromatic heterocycles. The fourth-order valence-electron chi connectivity index (χ4n) is 2.58. The van der Waals surface area contributed by atoms with Crippen molar-refractivity contribution in [3.63, 3.8) is 0 Å². The lowest BCUT2D eigenvalue weighted by atomic mass is 10.2. The zero-order chi connectivity index (χ0) is 19.2. The first-order valence-corrected chi connectivity index (χ1v) is 10.2. The van der Waals surface area contributed by atoms with Gasteiger partial charge in [0.2, 0.25) is 15.9 Å². The molecule has 140 valence electrons. The Balaban J connectivity index is 2.04. The number of nitrogens with one attached hydrogen (secondary N) is 1. The quantitative estimate of drug-likeness (QED) is 0.772. The summed E-state index contributed by atoms with van der Waals surface area (Å²) in [5.74, 6) is -0.252. The Hall–Kier alpha value is -2.18. The smallest absolute Gasteiger partial charge is 0.241 e. The van der Waals surface area contributed by atoms with E-state index in [1.54, 1.807) is 29.2 Å². The summed E-state index contributed by atoms with van der Waals surface area (Å²) in [5, 5.41) is 0. The van der Waals surface area contributed by atoms with Crippen LogP contribution in [0.1, 0.15) is 31.9 Å². The van der Waals surface area contributed by atoms with E-state index in [0.717, 1.165) is 17.5 Å². The lowest BCUT2D eigenvalue weighted by Crippen LogP contribution is -2.43. The normalized spacial score (nSPS) is 11.5. The highest BCUT2D eigenvalue weighted by Crippen LogP contribution is 2.12. The van der Waals surface area contributed by atoms with Crippen molar-refractivity contribution in [1.82, 2.24) is 9.62 Å². The summed E-state index contributed by atoms with van der Waals surface area (Å²) in [6.45, 7) is 6.03. The van der Waals surface area contributed by atoms with Gasteiger partial charge in [0.15, 0.2) is 0 Å². The van der Waals surface area contributed by atoms with E-state index in [2.05, 4.69) is 4.72 Å². The number of benzene rings is 2. The molecular formula is C20H26N2O3S. The molecule has 2 aromatic carbocycles. The Labute approximate surface area is 156 Å². The summed E-state index contributed by atoms with van der Waals surface area (Å²) in [6, 6.07) is 16.3. The minimum absolute atomic E-state index is 0.0314. The Kier molecular flexibility index (Phi) is 6.94. The van der Waals surface area contributed by atoms with Gasteiger partial charge in [-0.25, -0.2) is 13.1 Å². The molecule has 0 atom stereocenters. The van der Waals surface area contributed by atoms with Crippen LogP contribution in [0.5, 0.6) is 0 Å². The molecule has 0 aliphatic rings. The number of amides is 1. The molecule has 0 saturated carbocycles. The van der Waals surface area contributed by atoms with Gasteiger partial charge in [0.05, 0.1) is 11.4 Å². The van der Waals surface area contributed by atoms with E-state index in [-0.39, 0.29) is 23.4 Å². The van der Waals surface area contributed by atoms with E-state index < -0.39 is 10.0 Å². The van der Waals surface area contributed by atoms with Crippen LogP contribution in [0.25, 0.3) is 0 Å². The topological polar surface area (TPSA) is 66.5 Å². The molecule has 0 spiro atoms. The van der Waals surface area contributed by atoms with E-state index >= 15 is 0 Å². The van der Waals surface area contributed by atoms with Gasteiger partial charge in [-0.15, -0.1) is 0 Å². The van der Waals surface area contributed by atoms with Crippen LogP contribution < -0.4 is 4.72 Å². The van der Waals surface area contributed by atoms with Crippen LogP contribution in [-0.2, 0) is 27.8 Å². The second kappa shape index (κ2) is 8.96. The molecule has 1 N–H and O–H groups in total. The van der Waals surface area contributed by atoms with Crippen molar-refractivity contribution in [2.45, 2.75) is 44.7 Å². The van der Waals surface area contributed by atoms with Crippen LogP contribution in [-0.4, -0.2) is 31.8 Å². The van der Waals surface area contributed by atoms with Crippen molar-refractivity contribution in [2.24, 2.45) is 0 Å². The van der Waals surface area contributed by atoms with Crippen molar-refractivity contribution >= 4 is 15.9 Å². The summed E-state index contributed by atoms with van der Waals surface area (Å²) < 4.78 is 27.2. The minimum atomic E-state index is -3.71. The van der Waals surface area contributed by atoms with E-state index in [9.17, 15) is 13.2 Å². The molecule has 0 unspecified atom stereocenters. The summed E-state index contributed by atoms with van der Waals surface area (Å²) in [5.41, 5.74) is 2.07. The second-order valence-electron chi connectivity index (χ2n) is 6.42. The number of carbonyl (C=O) groups is 1. The SMILES string of the molecule is CCc1ccc(S(=O)(=O)NCC(=O)N(Cc2ccccc2)C(C)C)cc1. The van der Waals surface area contributed by atoms with Crippen LogP contribution in [0.2, 0.25) is 0 Å². The van der Waals surface area contributed by atoms with Gasteiger partial charge >= 0.3 is 0 Å². The predicted molar refractivity (Wildman–Crippen MR) is 103 cm³/mol. The van der Waals surface area contributed by atoms with Crippen LogP contribution in [0.3, 0.4) is 0 Å². The van der Waals surface area contributed by atoms with Crippen molar-refractivity contribution in [3.8, 4) is 0 Å². The third-order valence-electron chi connectivity index (χ3n) is 4.19. The number of rotatable bonds is 8. The van der Waals surface area contributed by atoms with Gasteiger partial charge in [-0.2, -0.15) is 0 Å². The average molecular weight is 375 g/mol. The molecule has 0 aliphatic heterocycles. The molecule has 2 aromatic rings. The van der Waals surface area contributed by atoms with E-state index in [1.807, 2.05) is 51.1 Å². The third-order valence-corrected chi connectivity index (χ3v) is 5.61. The number of aryl methyl sites for hydroxylation is 1. The highest BCUT2D eigenvalue weighted by atomic mass is 32.2. The van der Waals surface area contributed by atoms with E-state index in [4.69, 9.17) is 0 Å². The summed E-state index contributed by atoms with van der Waals surface area (Å²) in [7, 11) is -3.71. The summed E-state index contributed by atoms with van der Waals surface area (Å²) in [4.78, 5) is 14.4. The maximum absolute atomic E-state index is 12.6. The van der Waals surface area contributed by atoms with Gasteiger partial charge in [-0.3, -0.25) is 4.79 Å². The fraction of sp³-hybridized carbons (Fsp3) is 0.350. The molecule has 0 radical (unpaired) electrons. The van der Waals surface area contributed by atoms with Crippen molar-refractivity contribution < 1.29 is 13.2 Å². The second-order valence-corrected chi connectivity index (χ2v) is 8.19. The van der Waals surface area contributed by atoms with Gasteiger partial charge in [-0.1, -0.05) is 49.4 Å². The molecular weight excluding hydrogens is 348 g/mol. The largest absolute Gasteiger partial charge is 0.335 e. The van der Waals surface area contributed by atoms with E-state index in [0.29, 0.717) is 6.54 Å². The standard InChI is InChI=1S/C20H26N2O3S/c1-4-17-10-12-19(13-11-17)26(24,25)21-14-20(23)22(16(2)3)15-18-8-6-5-7-9-18/h5-13,16,21H,4,14-15H2,1-3H3. The highest BCUT2D eigenvalue weighted by molar-refractivity contribution is 7.89. The maximum atomic E-state index is 12.6. The van der Waals surface area contributed by atoms with Crippen molar-refractivity contribution in [2.75, 3.05) is 6.54 Å². The Morgan fingerprint density at radius 2 is 1.62 bits per heavy atom. The average Bonchev–Trinajstić information content (AvgIpc) is 2.65. The van der Waals surface area contributed by atoms with Crippen LogP contribution >= 0.6 is 0 Å². The van der Waals surface area contributed by atoms with Gasteiger partial charge in [0.25, 0.3) is 0 Å². The predicted octanol–water partition coefficient (Wildman–Crippen LogP) is 2.96. The molecule has 0 fully saturated rings. The van der Waals surface area contributed by atoms with Gasteiger partial charge in [0, 0.05) is 12.6 Å². The number of hydrogen-bond acceptors (Lipinski definition) is 3. The summed E-state index contributed by atoms with van der Waals surface area (Å²) in [6.07, 6.45) is 0.842.